The van der Waals surface area contributed by atoms with Crippen molar-refractivity contribution in [2.45, 2.75) is 20.8 Å². The Hall–Kier alpha value is -2.73. The van der Waals surface area contributed by atoms with Gasteiger partial charge in [-0.05, 0) is 50.1 Å². The fraction of sp³-hybridized carbons (Fsp3) is 0.222. The van der Waals surface area contributed by atoms with Gasteiger partial charge < -0.3 is 4.74 Å². The summed E-state index contributed by atoms with van der Waals surface area (Å²) in [5, 5.41) is 9.06. The molecule has 0 atom stereocenters. The molecular formula is C18H17ClN4O2. The molecule has 0 unspecified atom stereocenters. The van der Waals surface area contributed by atoms with Crippen molar-refractivity contribution >= 4 is 34.7 Å². The third kappa shape index (κ3) is 3.53. The number of benzene rings is 1. The van der Waals surface area contributed by atoms with Crippen molar-refractivity contribution in [3.8, 4) is 0 Å². The van der Waals surface area contributed by atoms with E-state index in [0.29, 0.717) is 22.2 Å². The Bertz CT molecular complexity index is 979. The number of ether oxygens (including phenoxy) is 1. The summed E-state index contributed by atoms with van der Waals surface area (Å²) in [6.07, 6.45) is 1.85. The fourth-order valence-corrected chi connectivity index (χ4v) is 2.49. The maximum absolute atomic E-state index is 12.2. The molecule has 0 aliphatic carbocycles. The Morgan fingerprint density at radius 1 is 1.24 bits per heavy atom. The van der Waals surface area contributed by atoms with Crippen molar-refractivity contribution in [3.63, 3.8) is 0 Å². The number of aromatic nitrogens is 2. The summed E-state index contributed by atoms with van der Waals surface area (Å²) in [5.74, 6) is -0.200. The molecule has 6 nitrogen and oxygen atoms in total. The van der Waals surface area contributed by atoms with Crippen LogP contribution in [0.3, 0.4) is 0 Å². The summed E-state index contributed by atoms with van der Waals surface area (Å²) in [5.41, 5.74) is 3.29. The zero-order valence-corrected chi connectivity index (χ0v) is 14.9. The quantitative estimate of drug-likeness (QED) is 0.476. The highest BCUT2D eigenvalue weighted by atomic mass is 35.5. The monoisotopic (exact) mass is 356 g/mol. The summed E-state index contributed by atoms with van der Waals surface area (Å²) < 4.78 is 6.80. The second-order valence-electron chi connectivity index (χ2n) is 5.57. The molecule has 1 aromatic carbocycles. The zero-order chi connectivity index (χ0) is 18.0. The van der Waals surface area contributed by atoms with Crippen molar-refractivity contribution in [1.82, 2.24) is 9.38 Å². The molecule has 0 amide bonds. The van der Waals surface area contributed by atoms with Gasteiger partial charge in [0.05, 0.1) is 12.3 Å². The molecule has 0 bridgehead atoms. The van der Waals surface area contributed by atoms with Crippen molar-refractivity contribution in [3.05, 3.63) is 58.4 Å². The van der Waals surface area contributed by atoms with Gasteiger partial charge in [0.2, 0.25) is 0 Å². The fourth-order valence-electron chi connectivity index (χ4n) is 2.32. The largest absolute Gasteiger partial charge is 0.461 e. The number of esters is 1. The maximum atomic E-state index is 12.2. The van der Waals surface area contributed by atoms with Crippen LogP contribution in [0.15, 0.2) is 46.8 Å². The molecule has 25 heavy (non-hydrogen) atoms. The number of fused-ring (bicyclic) bond motifs is 1. The topological polar surface area (TPSA) is 68.3 Å². The average molecular weight is 357 g/mol. The third-order valence-corrected chi connectivity index (χ3v) is 4.03. The predicted molar refractivity (Wildman–Crippen MR) is 96.3 cm³/mol. The summed E-state index contributed by atoms with van der Waals surface area (Å²) in [6.45, 7) is 5.86. The van der Waals surface area contributed by atoms with Gasteiger partial charge in [0.15, 0.2) is 11.5 Å². The number of hydrogen-bond donors (Lipinski definition) is 0. The minimum absolute atomic E-state index is 0.134. The first-order chi connectivity index (χ1) is 12.0. The predicted octanol–water partition coefficient (Wildman–Crippen LogP) is 5.20. The van der Waals surface area contributed by atoms with E-state index in [0.717, 1.165) is 11.1 Å². The third-order valence-electron chi connectivity index (χ3n) is 3.63. The lowest BCUT2D eigenvalue weighted by molar-refractivity contribution is 0.0521. The van der Waals surface area contributed by atoms with E-state index in [2.05, 4.69) is 15.2 Å². The van der Waals surface area contributed by atoms with Crippen LogP contribution in [0, 0.1) is 13.8 Å². The summed E-state index contributed by atoms with van der Waals surface area (Å²) in [7, 11) is 0. The van der Waals surface area contributed by atoms with Crippen LogP contribution in [-0.2, 0) is 4.74 Å². The lowest BCUT2D eigenvalue weighted by Gasteiger charge is -2.01. The van der Waals surface area contributed by atoms with Crippen LogP contribution in [0.2, 0.25) is 5.02 Å². The first kappa shape index (κ1) is 17.1. The first-order valence-corrected chi connectivity index (χ1v) is 8.21. The number of carbonyl (C=O) groups is 1. The van der Waals surface area contributed by atoms with Crippen LogP contribution >= 0.6 is 11.6 Å². The molecule has 0 aliphatic rings. The van der Waals surface area contributed by atoms with Gasteiger partial charge in [0.1, 0.15) is 5.65 Å². The molecule has 0 spiro atoms. The number of hydrogen-bond acceptors (Lipinski definition) is 5. The lowest BCUT2D eigenvalue weighted by Crippen LogP contribution is -2.05. The Morgan fingerprint density at radius 3 is 2.76 bits per heavy atom. The number of imidazole rings is 1. The smallest absolute Gasteiger partial charge is 0.360 e. The van der Waals surface area contributed by atoms with E-state index in [1.807, 2.05) is 44.3 Å². The Balaban J connectivity index is 2.10. The molecule has 0 aliphatic heterocycles. The number of aryl methyl sites for hydroxylation is 2. The van der Waals surface area contributed by atoms with Gasteiger partial charge in [-0.3, -0.25) is 4.40 Å². The van der Waals surface area contributed by atoms with E-state index in [-0.39, 0.29) is 12.3 Å². The number of azo groups is 1. The molecule has 0 radical (unpaired) electrons. The minimum atomic E-state index is -0.528. The summed E-state index contributed by atoms with van der Waals surface area (Å²) in [6, 6.07) is 9.13. The zero-order valence-electron chi connectivity index (χ0n) is 14.2. The molecule has 0 N–H and O–H groups in total. The highest BCUT2D eigenvalue weighted by molar-refractivity contribution is 6.31. The molecule has 7 heteroatoms. The van der Waals surface area contributed by atoms with E-state index in [1.54, 1.807) is 17.4 Å². The van der Waals surface area contributed by atoms with Gasteiger partial charge >= 0.3 is 5.97 Å². The lowest BCUT2D eigenvalue weighted by atomic mass is 10.2. The van der Waals surface area contributed by atoms with E-state index < -0.39 is 5.97 Å². The van der Waals surface area contributed by atoms with Crippen molar-refractivity contribution in [2.24, 2.45) is 10.2 Å². The Kier molecular flexibility index (Phi) is 4.81. The number of carbonyl (C=O) groups excluding carboxylic acids is 1. The van der Waals surface area contributed by atoms with Gasteiger partial charge in [-0.15, -0.1) is 10.2 Å². The van der Waals surface area contributed by atoms with Gasteiger partial charge in [-0.2, -0.15) is 0 Å². The molecule has 0 fully saturated rings. The molecule has 0 saturated carbocycles. The van der Waals surface area contributed by atoms with Crippen LogP contribution in [0.4, 0.5) is 11.5 Å². The number of rotatable bonds is 4. The van der Waals surface area contributed by atoms with E-state index in [9.17, 15) is 4.79 Å². The molecule has 128 valence electrons. The van der Waals surface area contributed by atoms with Crippen LogP contribution in [0.1, 0.15) is 28.5 Å². The molecule has 2 aromatic heterocycles. The van der Waals surface area contributed by atoms with Crippen LogP contribution in [-0.4, -0.2) is 22.0 Å². The van der Waals surface area contributed by atoms with Crippen LogP contribution in [0.25, 0.3) is 5.65 Å². The van der Waals surface area contributed by atoms with Gasteiger partial charge in [-0.25, -0.2) is 9.78 Å². The van der Waals surface area contributed by atoms with Crippen molar-refractivity contribution in [2.75, 3.05) is 6.61 Å². The first-order valence-electron chi connectivity index (χ1n) is 7.83. The van der Waals surface area contributed by atoms with E-state index in [1.165, 1.54) is 0 Å². The number of halogens is 1. The molecule has 3 rings (SSSR count). The maximum Gasteiger partial charge on any atom is 0.360 e. The normalized spacial score (nSPS) is 11.4. The SMILES string of the molecule is CCOC(=O)c1nc2ccc(C)cn2c1N=Nc1ccc(C)c(Cl)c1. The molecular weight excluding hydrogens is 340 g/mol. The van der Waals surface area contributed by atoms with Gasteiger partial charge in [0, 0.05) is 11.2 Å². The van der Waals surface area contributed by atoms with Crippen LogP contribution in [0.5, 0.6) is 0 Å². The molecule has 3 aromatic rings. The van der Waals surface area contributed by atoms with Crippen LogP contribution < -0.4 is 0 Å². The second kappa shape index (κ2) is 7.03. The highest BCUT2D eigenvalue weighted by Crippen LogP contribution is 2.27. The summed E-state index contributed by atoms with van der Waals surface area (Å²) in [4.78, 5) is 16.5. The second-order valence-corrected chi connectivity index (χ2v) is 5.98. The summed E-state index contributed by atoms with van der Waals surface area (Å²) >= 11 is 6.12. The highest BCUT2D eigenvalue weighted by Gasteiger charge is 2.20. The molecule has 2 heterocycles. The number of nitrogens with zero attached hydrogens (tertiary/aromatic N) is 4. The minimum Gasteiger partial charge on any atom is -0.461 e. The van der Waals surface area contributed by atoms with E-state index >= 15 is 0 Å². The van der Waals surface area contributed by atoms with E-state index in [4.69, 9.17) is 16.3 Å². The van der Waals surface area contributed by atoms with Gasteiger partial charge in [0.25, 0.3) is 0 Å². The number of pyridine rings is 1. The Morgan fingerprint density at radius 2 is 2.04 bits per heavy atom. The van der Waals surface area contributed by atoms with Crippen molar-refractivity contribution in [1.29, 1.82) is 0 Å². The average Bonchev–Trinajstić information content (AvgIpc) is 2.94. The van der Waals surface area contributed by atoms with Crippen molar-refractivity contribution < 1.29 is 9.53 Å². The van der Waals surface area contributed by atoms with Gasteiger partial charge in [-0.1, -0.05) is 23.7 Å². The molecule has 0 saturated heterocycles. The standard InChI is InChI=1S/C18H17ClN4O2/c1-4-25-18(24)16-17(23-10-11(2)5-8-15(23)20-16)22-21-13-7-6-12(3)14(19)9-13/h5-10H,4H2,1-3H3. The Labute approximate surface area is 150 Å².